The van der Waals surface area contributed by atoms with E-state index in [2.05, 4.69) is 75.4 Å². The van der Waals surface area contributed by atoms with Gasteiger partial charge in [0.25, 0.3) is 0 Å². The van der Waals surface area contributed by atoms with E-state index < -0.39 is 9.76 Å². The van der Waals surface area contributed by atoms with E-state index in [9.17, 15) is 0 Å². The molecule has 0 amide bonds. The SMILES string of the molecule is CC(C)(C)O[SiH2]c1cc2ccc3cccc4ccc(c1)c2c34. The maximum Gasteiger partial charge on any atom is 0.193 e. The smallest absolute Gasteiger partial charge is 0.193 e. The second-order valence-corrected chi connectivity index (χ2v) is 8.42. The molecule has 0 N–H and O–H groups in total. The zero-order valence-electron chi connectivity index (χ0n) is 13.3. The van der Waals surface area contributed by atoms with Gasteiger partial charge in [-0.15, -0.1) is 0 Å². The van der Waals surface area contributed by atoms with E-state index >= 15 is 0 Å². The van der Waals surface area contributed by atoms with Crippen LogP contribution < -0.4 is 5.19 Å². The molecule has 0 aromatic heterocycles. The lowest BCUT2D eigenvalue weighted by Crippen LogP contribution is -2.28. The van der Waals surface area contributed by atoms with Gasteiger partial charge in [0.2, 0.25) is 0 Å². The number of hydrogen-bond donors (Lipinski definition) is 0. The third kappa shape index (κ3) is 2.29. The van der Waals surface area contributed by atoms with Gasteiger partial charge in [-0.3, -0.25) is 0 Å². The number of hydrogen-bond acceptors (Lipinski definition) is 1. The standard InChI is InChI=1S/C20H20OSi/c1-20(2,3)21-22-17-11-15-9-7-13-5-4-6-14-8-10-16(12-17)19(15)18(13)14/h4-12H,22H2,1-3H3. The van der Waals surface area contributed by atoms with Crippen molar-refractivity contribution in [1.82, 2.24) is 0 Å². The molecule has 22 heavy (non-hydrogen) atoms. The van der Waals surface area contributed by atoms with E-state index in [4.69, 9.17) is 4.43 Å². The largest absolute Gasteiger partial charge is 0.414 e. The lowest BCUT2D eigenvalue weighted by Gasteiger charge is -2.20. The minimum Gasteiger partial charge on any atom is -0.414 e. The molecular formula is C20H20OSi. The zero-order valence-corrected chi connectivity index (χ0v) is 14.7. The monoisotopic (exact) mass is 304 g/mol. The summed E-state index contributed by atoms with van der Waals surface area (Å²) in [7, 11) is -0.699. The van der Waals surface area contributed by atoms with Gasteiger partial charge in [0.05, 0.1) is 0 Å². The summed E-state index contributed by atoms with van der Waals surface area (Å²) in [6.45, 7) is 6.39. The molecule has 0 atom stereocenters. The molecule has 0 saturated heterocycles. The summed E-state index contributed by atoms with van der Waals surface area (Å²) in [4.78, 5) is 0. The molecule has 0 aliphatic heterocycles. The van der Waals surface area contributed by atoms with Crippen molar-refractivity contribution < 1.29 is 4.43 Å². The van der Waals surface area contributed by atoms with Crippen molar-refractivity contribution in [3.8, 4) is 0 Å². The highest BCUT2D eigenvalue weighted by Crippen LogP contribution is 2.33. The first-order valence-corrected chi connectivity index (χ1v) is 9.10. The summed E-state index contributed by atoms with van der Waals surface area (Å²) in [5.41, 5.74) is -0.0508. The summed E-state index contributed by atoms with van der Waals surface area (Å²) >= 11 is 0. The third-order valence-corrected chi connectivity index (χ3v) is 5.95. The van der Waals surface area contributed by atoms with Gasteiger partial charge in [-0.2, -0.15) is 0 Å². The Labute approximate surface area is 133 Å². The second kappa shape index (κ2) is 4.80. The Morgan fingerprint density at radius 1 is 0.727 bits per heavy atom. The summed E-state index contributed by atoms with van der Waals surface area (Å²) in [6, 6.07) is 20.2. The fourth-order valence-electron chi connectivity index (χ4n) is 3.20. The molecule has 0 aliphatic carbocycles. The third-order valence-electron chi connectivity index (χ3n) is 4.19. The van der Waals surface area contributed by atoms with Crippen LogP contribution in [0.2, 0.25) is 0 Å². The van der Waals surface area contributed by atoms with Gasteiger partial charge in [-0.05, 0) is 58.3 Å². The van der Waals surface area contributed by atoms with E-state index in [0.717, 1.165) is 0 Å². The molecule has 0 radical (unpaired) electrons. The molecule has 0 aliphatic rings. The minimum atomic E-state index is -0.699. The highest BCUT2D eigenvalue weighted by Gasteiger charge is 2.12. The lowest BCUT2D eigenvalue weighted by atomic mass is 9.94. The molecule has 110 valence electrons. The lowest BCUT2D eigenvalue weighted by molar-refractivity contribution is 0.142. The van der Waals surface area contributed by atoms with E-state index in [1.807, 2.05) is 0 Å². The van der Waals surface area contributed by atoms with Gasteiger partial charge in [0, 0.05) is 5.60 Å². The molecule has 2 heteroatoms. The molecule has 1 nitrogen and oxygen atoms in total. The normalized spacial score (nSPS) is 13.2. The van der Waals surface area contributed by atoms with E-state index in [-0.39, 0.29) is 5.60 Å². The van der Waals surface area contributed by atoms with Crippen LogP contribution in [0.15, 0.2) is 54.6 Å². The maximum atomic E-state index is 6.08. The Bertz CT molecular complexity index is 902. The zero-order chi connectivity index (χ0) is 15.3. The van der Waals surface area contributed by atoms with Gasteiger partial charge in [-0.1, -0.05) is 54.6 Å². The topological polar surface area (TPSA) is 9.23 Å². The average Bonchev–Trinajstić information content (AvgIpc) is 2.50. The Morgan fingerprint density at radius 2 is 1.23 bits per heavy atom. The van der Waals surface area contributed by atoms with Crippen LogP contribution in [0.1, 0.15) is 20.8 Å². The predicted molar refractivity (Wildman–Crippen MR) is 99.2 cm³/mol. The molecule has 0 fully saturated rings. The molecule has 4 aromatic rings. The summed E-state index contributed by atoms with van der Waals surface area (Å²) in [6.07, 6.45) is 0. The molecule has 0 spiro atoms. The van der Waals surface area contributed by atoms with Crippen LogP contribution in [-0.2, 0) is 4.43 Å². The van der Waals surface area contributed by atoms with Crippen LogP contribution in [0.3, 0.4) is 0 Å². The van der Waals surface area contributed by atoms with Crippen LogP contribution in [-0.4, -0.2) is 15.4 Å². The Kier molecular flexibility index (Phi) is 3.00. The van der Waals surface area contributed by atoms with Crippen molar-refractivity contribution in [3.05, 3.63) is 54.6 Å². The van der Waals surface area contributed by atoms with Crippen molar-refractivity contribution in [2.75, 3.05) is 0 Å². The molecule has 0 unspecified atom stereocenters. The quantitative estimate of drug-likeness (QED) is 0.400. The predicted octanol–water partition coefficient (Wildman–Crippen LogP) is 4.11. The van der Waals surface area contributed by atoms with Crippen molar-refractivity contribution in [3.63, 3.8) is 0 Å². The summed E-state index contributed by atoms with van der Waals surface area (Å²) in [5.74, 6) is 0. The molecular weight excluding hydrogens is 284 g/mol. The van der Waals surface area contributed by atoms with Gasteiger partial charge in [0.15, 0.2) is 9.76 Å². The van der Waals surface area contributed by atoms with E-state index in [1.54, 1.807) is 0 Å². The van der Waals surface area contributed by atoms with Gasteiger partial charge >= 0.3 is 0 Å². The first-order chi connectivity index (χ1) is 10.5. The summed E-state index contributed by atoms with van der Waals surface area (Å²) < 4.78 is 6.08. The maximum absolute atomic E-state index is 6.08. The van der Waals surface area contributed by atoms with Crippen molar-refractivity contribution >= 4 is 47.3 Å². The minimum absolute atomic E-state index is 0.0508. The van der Waals surface area contributed by atoms with Crippen LogP contribution >= 0.6 is 0 Å². The Hall–Kier alpha value is -1.90. The Morgan fingerprint density at radius 3 is 1.77 bits per heavy atom. The van der Waals surface area contributed by atoms with Crippen molar-refractivity contribution in [2.45, 2.75) is 26.4 Å². The first kappa shape index (κ1) is 13.7. The highest BCUT2D eigenvalue weighted by atomic mass is 28.2. The summed E-state index contributed by atoms with van der Waals surface area (Å²) in [5, 5.41) is 9.48. The number of benzene rings is 4. The molecule has 0 heterocycles. The van der Waals surface area contributed by atoms with Gasteiger partial charge in [0.1, 0.15) is 0 Å². The first-order valence-electron chi connectivity index (χ1n) is 7.82. The molecule has 0 saturated carbocycles. The average molecular weight is 304 g/mol. The fraction of sp³-hybridized carbons (Fsp3) is 0.200. The fourth-order valence-corrected chi connectivity index (χ4v) is 4.41. The molecule has 0 bridgehead atoms. The van der Waals surface area contributed by atoms with E-state index in [0.29, 0.717) is 0 Å². The molecule has 4 aromatic carbocycles. The van der Waals surface area contributed by atoms with E-state index in [1.165, 1.54) is 37.5 Å². The van der Waals surface area contributed by atoms with Gasteiger partial charge in [-0.25, -0.2) is 0 Å². The van der Waals surface area contributed by atoms with Crippen LogP contribution in [0.5, 0.6) is 0 Å². The van der Waals surface area contributed by atoms with Crippen LogP contribution in [0, 0.1) is 0 Å². The molecule has 4 rings (SSSR count). The highest BCUT2D eigenvalue weighted by molar-refractivity contribution is 6.48. The van der Waals surface area contributed by atoms with Gasteiger partial charge < -0.3 is 4.43 Å². The number of rotatable bonds is 2. The van der Waals surface area contributed by atoms with Crippen LogP contribution in [0.4, 0.5) is 0 Å². The van der Waals surface area contributed by atoms with Crippen molar-refractivity contribution in [1.29, 1.82) is 0 Å². The van der Waals surface area contributed by atoms with Crippen LogP contribution in [0.25, 0.3) is 32.3 Å². The Balaban J connectivity index is 1.93. The second-order valence-electron chi connectivity index (χ2n) is 7.03. The van der Waals surface area contributed by atoms with Crippen molar-refractivity contribution in [2.24, 2.45) is 0 Å².